The van der Waals surface area contributed by atoms with Crippen LogP contribution in [0.5, 0.6) is 0 Å². The van der Waals surface area contributed by atoms with Crippen LogP contribution in [-0.2, 0) is 35.0 Å². The molecule has 1 aromatic heterocycles. The fourth-order valence-corrected chi connectivity index (χ4v) is 0.487. The molecule has 0 spiro atoms. The molecule has 1 rings (SSSR count). The van der Waals surface area contributed by atoms with Gasteiger partial charge < -0.3 is 12.6 Å². The minimum absolute atomic E-state index is 0. The van der Waals surface area contributed by atoms with Crippen molar-refractivity contribution in [2.75, 3.05) is 0 Å². The first kappa shape index (κ1) is 8.11. The van der Waals surface area contributed by atoms with Gasteiger partial charge in [0.1, 0.15) is 0 Å². The summed E-state index contributed by atoms with van der Waals surface area (Å²) in [5, 5.41) is 0.655. The number of hydrogen-bond donors (Lipinski definition) is 0. The molecule has 0 unspecified atom stereocenters. The number of aromatic nitrogens is 1. The Morgan fingerprint density at radius 2 is 2.12 bits per heavy atom. The first-order valence-electron chi connectivity index (χ1n) is 1.97. The first-order valence-corrected chi connectivity index (χ1v) is 2.38. The standard InChI is InChI=1S/C5H5NS.Au/c7-5-3-1-2-4-6-5;/h1-4H,(H,6,7);/q;+1/p-1. The van der Waals surface area contributed by atoms with Gasteiger partial charge in [0.25, 0.3) is 0 Å². The number of nitrogens with zero attached hydrogens (tertiary/aromatic N) is 1. The molecule has 0 bridgehead atoms. The molecule has 46 valence electrons. The Hall–Kier alpha value is 0.110. The maximum Gasteiger partial charge on any atom is 1.00 e. The maximum atomic E-state index is 4.70. The van der Waals surface area contributed by atoms with Gasteiger partial charge in [-0.3, -0.25) is 4.98 Å². The zero-order valence-corrected chi connectivity index (χ0v) is 6.95. The van der Waals surface area contributed by atoms with E-state index in [2.05, 4.69) is 4.98 Å². The van der Waals surface area contributed by atoms with E-state index in [-0.39, 0.29) is 22.4 Å². The van der Waals surface area contributed by atoms with Gasteiger partial charge in [0, 0.05) is 6.20 Å². The molecule has 3 heteroatoms. The van der Waals surface area contributed by atoms with Crippen molar-refractivity contribution in [1.82, 2.24) is 4.98 Å². The van der Waals surface area contributed by atoms with Gasteiger partial charge >= 0.3 is 22.4 Å². The third kappa shape index (κ3) is 2.43. The van der Waals surface area contributed by atoms with Crippen LogP contribution < -0.4 is 0 Å². The largest absolute Gasteiger partial charge is 1.00 e. The van der Waals surface area contributed by atoms with Crippen molar-refractivity contribution in [2.45, 2.75) is 5.03 Å². The predicted octanol–water partition coefficient (Wildman–Crippen LogP) is 0.985. The van der Waals surface area contributed by atoms with E-state index in [1.165, 1.54) is 0 Å². The van der Waals surface area contributed by atoms with E-state index in [1.54, 1.807) is 12.3 Å². The van der Waals surface area contributed by atoms with Crippen molar-refractivity contribution in [1.29, 1.82) is 0 Å². The summed E-state index contributed by atoms with van der Waals surface area (Å²) in [5.74, 6) is 0. The van der Waals surface area contributed by atoms with E-state index in [0.29, 0.717) is 5.03 Å². The SMILES string of the molecule is [Au+].[S-]c1ccccn1. The second-order valence-corrected chi connectivity index (χ2v) is 1.59. The van der Waals surface area contributed by atoms with Crippen molar-refractivity contribution in [3.63, 3.8) is 0 Å². The average Bonchev–Trinajstić information content (AvgIpc) is 1.69. The molecule has 1 nitrogen and oxygen atoms in total. The van der Waals surface area contributed by atoms with Crippen molar-refractivity contribution >= 4 is 12.6 Å². The topological polar surface area (TPSA) is 12.9 Å². The van der Waals surface area contributed by atoms with Crippen LogP contribution in [0.4, 0.5) is 0 Å². The van der Waals surface area contributed by atoms with Crippen molar-refractivity contribution < 1.29 is 22.4 Å². The summed E-state index contributed by atoms with van der Waals surface area (Å²) in [5.41, 5.74) is 0. The Kier molecular flexibility index (Phi) is 4.09. The van der Waals surface area contributed by atoms with E-state index < -0.39 is 0 Å². The van der Waals surface area contributed by atoms with Gasteiger partial charge in [0.2, 0.25) is 0 Å². The van der Waals surface area contributed by atoms with Crippen LogP contribution in [0.3, 0.4) is 0 Å². The molecule has 1 aromatic rings. The molecule has 0 amide bonds. The first-order chi connectivity index (χ1) is 3.39. The molecular weight excluding hydrogens is 303 g/mol. The average molecular weight is 307 g/mol. The summed E-state index contributed by atoms with van der Waals surface area (Å²) in [6, 6.07) is 5.50. The molecule has 0 atom stereocenters. The predicted molar refractivity (Wildman–Crippen MR) is 29.9 cm³/mol. The fraction of sp³-hybridized carbons (Fsp3) is 0. The maximum absolute atomic E-state index is 4.70. The van der Waals surface area contributed by atoms with Gasteiger partial charge in [-0.25, -0.2) is 0 Å². The molecular formula is C5H4AuNS. The van der Waals surface area contributed by atoms with Crippen molar-refractivity contribution in [2.24, 2.45) is 0 Å². The van der Waals surface area contributed by atoms with Crippen LogP contribution in [0, 0.1) is 0 Å². The van der Waals surface area contributed by atoms with Gasteiger partial charge in [-0.1, -0.05) is 17.2 Å². The van der Waals surface area contributed by atoms with Gasteiger partial charge in [-0.2, -0.15) is 0 Å². The molecule has 8 heavy (non-hydrogen) atoms. The number of pyridine rings is 1. The van der Waals surface area contributed by atoms with Crippen LogP contribution >= 0.6 is 0 Å². The molecule has 0 aromatic carbocycles. The van der Waals surface area contributed by atoms with Gasteiger partial charge in [0.15, 0.2) is 0 Å². The minimum Gasteiger partial charge on any atom is -0.760 e. The van der Waals surface area contributed by atoms with E-state index >= 15 is 0 Å². The molecule has 0 N–H and O–H groups in total. The van der Waals surface area contributed by atoms with Gasteiger partial charge in [0.05, 0.1) is 0 Å². The molecule has 0 fully saturated rings. The summed E-state index contributed by atoms with van der Waals surface area (Å²) in [6.07, 6.45) is 1.68. The molecule has 1 heterocycles. The zero-order chi connectivity index (χ0) is 5.11. The van der Waals surface area contributed by atoms with Gasteiger partial charge in [-0.15, -0.1) is 0 Å². The summed E-state index contributed by atoms with van der Waals surface area (Å²) in [7, 11) is 0. The normalized spacial score (nSPS) is 7.50. The Morgan fingerprint density at radius 3 is 2.38 bits per heavy atom. The van der Waals surface area contributed by atoms with Crippen LogP contribution in [0.25, 0.3) is 0 Å². The summed E-state index contributed by atoms with van der Waals surface area (Å²) < 4.78 is 0. The summed E-state index contributed by atoms with van der Waals surface area (Å²) in [4.78, 5) is 3.79. The molecule has 0 radical (unpaired) electrons. The van der Waals surface area contributed by atoms with Gasteiger partial charge in [-0.05, 0) is 6.07 Å². The Bertz CT molecular complexity index is 142. The smallest absolute Gasteiger partial charge is 0.760 e. The molecule has 0 saturated heterocycles. The van der Waals surface area contributed by atoms with E-state index in [4.69, 9.17) is 12.6 Å². The van der Waals surface area contributed by atoms with E-state index in [1.807, 2.05) is 12.1 Å². The minimum atomic E-state index is 0. The van der Waals surface area contributed by atoms with Crippen molar-refractivity contribution in [3.8, 4) is 0 Å². The second-order valence-electron chi connectivity index (χ2n) is 1.17. The molecule has 0 aliphatic rings. The third-order valence-corrected chi connectivity index (χ3v) is 0.879. The van der Waals surface area contributed by atoms with Crippen LogP contribution in [0.2, 0.25) is 0 Å². The van der Waals surface area contributed by atoms with E-state index in [0.717, 1.165) is 0 Å². The molecule has 0 saturated carbocycles. The van der Waals surface area contributed by atoms with Crippen molar-refractivity contribution in [3.05, 3.63) is 24.4 Å². The van der Waals surface area contributed by atoms with E-state index in [9.17, 15) is 0 Å². The summed E-state index contributed by atoms with van der Waals surface area (Å²) in [6.45, 7) is 0. The molecule has 0 aliphatic heterocycles. The second kappa shape index (κ2) is 4.04. The van der Waals surface area contributed by atoms with Crippen LogP contribution in [0.15, 0.2) is 29.4 Å². The Labute approximate surface area is 69.4 Å². The van der Waals surface area contributed by atoms with Crippen LogP contribution in [-0.4, -0.2) is 4.98 Å². The quantitative estimate of drug-likeness (QED) is 0.524. The fourth-order valence-electron chi connectivity index (χ4n) is 0.347. The third-order valence-electron chi connectivity index (χ3n) is 0.638. The summed E-state index contributed by atoms with van der Waals surface area (Å²) >= 11 is 4.70. The van der Waals surface area contributed by atoms with Crippen LogP contribution in [0.1, 0.15) is 0 Å². The number of hydrogen-bond acceptors (Lipinski definition) is 2. The Balaban J connectivity index is 0.000000490. The number of rotatable bonds is 0. The Morgan fingerprint density at radius 1 is 1.38 bits per heavy atom. The molecule has 0 aliphatic carbocycles. The zero-order valence-electron chi connectivity index (χ0n) is 3.97. The monoisotopic (exact) mass is 307 g/mol.